The minimum atomic E-state index is -3.89. The third-order valence-electron chi connectivity index (χ3n) is 10.1. The predicted octanol–water partition coefficient (Wildman–Crippen LogP) is 4.22. The molecule has 3 aromatic rings. The number of ether oxygens (including phenoxy) is 2. The number of aromatic nitrogens is 2. The Balaban J connectivity index is 1.21. The summed E-state index contributed by atoms with van der Waals surface area (Å²) in [6.45, 7) is 2.04. The molecule has 282 valence electrons. The maximum absolute atomic E-state index is 14.4. The standard InChI is InChI=1S/C37H44N6O8S2/c1-2-18-50-36(47)40-28-14-7-5-3-4-6-11-23-21-37(23,35(46)42-53(48,49)25-16-17-25)41-32(44)29-20-24(22-43(29)34(28)45)51-33-31(30-15-10-19-52-30)38-26-12-8-9-13-27(26)39-33/h6,8-13,15,19,23-25,28-29H,2-5,7,14,16-18,20-22H2,1H3,(H,40,47)(H,41,44)(H,42,46)/b11-6-/t23-,24-,28+,29+,37-/m1/s1. The highest BCUT2D eigenvalue weighted by atomic mass is 32.2. The lowest BCUT2D eigenvalue weighted by Gasteiger charge is -2.29. The van der Waals surface area contributed by atoms with Crippen LogP contribution in [0.1, 0.15) is 71.1 Å². The van der Waals surface area contributed by atoms with Crippen molar-refractivity contribution in [2.75, 3.05) is 13.2 Å². The Hall–Kier alpha value is -4.57. The van der Waals surface area contributed by atoms with Crippen molar-refractivity contribution in [1.82, 2.24) is 30.2 Å². The quantitative estimate of drug-likeness (QED) is 0.267. The number of amides is 4. The lowest BCUT2D eigenvalue weighted by atomic mass is 10.1. The first-order valence-electron chi connectivity index (χ1n) is 18.3. The van der Waals surface area contributed by atoms with Gasteiger partial charge in [0.05, 0.1) is 34.3 Å². The van der Waals surface area contributed by atoms with Crippen LogP contribution in [-0.4, -0.2) is 89.2 Å². The number of carbonyl (C=O) groups excluding carboxylic acids is 4. The summed E-state index contributed by atoms with van der Waals surface area (Å²) in [5.41, 5.74) is 0.320. The molecule has 1 aromatic carbocycles. The summed E-state index contributed by atoms with van der Waals surface area (Å²) < 4.78 is 39.7. The van der Waals surface area contributed by atoms with E-state index in [4.69, 9.17) is 19.4 Å². The summed E-state index contributed by atoms with van der Waals surface area (Å²) in [6.07, 6.45) is 7.42. The van der Waals surface area contributed by atoms with Gasteiger partial charge in [0.2, 0.25) is 27.7 Å². The highest BCUT2D eigenvalue weighted by Gasteiger charge is 2.62. The van der Waals surface area contributed by atoms with Gasteiger partial charge in [0.15, 0.2) is 0 Å². The van der Waals surface area contributed by atoms with Crippen LogP contribution in [0.15, 0.2) is 53.9 Å². The van der Waals surface area contributed by atoms with Crippen molar-refractivity contribution < 1.29 is 37.1 Å². The number of thiophene rings is 1. The Morgan fingerprint density at radius 2 is 1.85 bits per heavy atom. The molecule has 3 fully saturated rings. The fraction of sp³-hybridized carbons (Fsp3) is 0.514. The molecule has 3 N–H and O–H groups in total. The minimum absolute atomic E-state index is 0.0178. The molecular formula is C37H44N6O8S2. The first-order chi connectivity index (χ1) is 25.6. The van der Waals surface area contributed by atoms with Crippen molar-refractivity contribution in [3.05, 3.63) is 53.9 Å². The van der Waals surface area contributed by atoms with Crippen LogP contribution < -0.4 is 20.1 Å². The molecule has 7 rings (SSSR count). The highest BCUT2D eigenvalue weighted by Crippen LogP contribution is 2.46. The topological polar surface area (TPSA) is 186 Å². The number of hydrogen-bond acceptors (Lipinski definition) is 11. The van der Waals surface area contributed by atoms with Gasteiger partial charge in [0.1, 0.15) is 29.4 Å². The fourth-order valence-electron chi connectivity index (χ4n) is 7.02. The monoisotopic (exact) mass is 764 g/mol. The van der Waals surface area contributed by atoms with E-state index in [2.05, 4.69) is 15.4 Å². The molecule has 16 heteroatoms. The van der Waals surface area contributed by atoms with Crippen LogP contribution in [0.4, 0.5) is 4.79 Å². The number of alkyl carbamates (subject to hydrolysis) is 1. The Kier molecular flexibility index (Phi) is 10.7. The fourth-order valence-corrected chi connectivity index (χ4v) is 9.09. The number of nitrogens with one attached hydrogen (secondary N) is 3. The molecule has 0 radical (unpaired) electrons. The molecular weight excluding hydrogens is 721 g/mol. The first-order valence-corrected chi connectivity index (χ1v) is 20.8. The normalized spacial score (nSPS) is 27.0. The highest BCUT2D eigenvalue weighted by molar-refractivity contribution is 7.91. The van der Waals surface area contributed by atoms with Gasteiger partial charge < -0.3 is 25.0 Å². The predicted molar refractivity (Wildman–Crippen MR) is 197 cm³/mol. The number of sulfonamides is 1. The molecule has 0 bridgehead atoms. The SMILES string of the molecule is CCCOC(=O)N[C@H]1CCCCC/C=C\[C@@H]2C[C@@]2(C(=O)NS(=O)(=O)C2CC2)NC(=O)[C@@H]2C[C@@H](Oc3nc4ccccc4nc3-c3cccs3)CN2C1=O. The molecule has 4 heterocycles. The second kappa shape index (κ2) is 15.4. The molecule has 2 aliphatic heterocycles. The van der Waals surface area contributed by atoms with Crippen LogP contribution in [0.5, 0.6) is 5.88 Å². The molecule has 0 unspecified atom stereocenters. The summed E-state index contributed by atoms with van der Waals surface area (Å²) in [6, 6.07) is 9.13. The Bertz CT molecular complexity index is 2000. The van der Waals surface area contributed by atoms with Crippen molar-refractivity contribution >= 4 is 56.2 Å². The van der Waals surface area contributed by atoms with E-state index in [1.54, 1.807) is 0 Å². The number of hydrogen-bond donors (Lipinski definition) is 3. The number of nitrogens with zero attached hydrogens (tertiary/aromatic N) is 3. The van der Waals surface area contributed by atoms with Gasteiger partial charge in [0, 0.05) is 12.3 Å². The molecule has 2 saturated carbocycles. The van der Waals surface area contributed by atoms with E-state index in [0.29, 0.717) is 55.3 Å². The second-order valence-electron chi connectivity index (χ2n) is 14.2. The van der Waals surface area contributed by atoms with Crippen LogP contribution in [0.2, 0.25) is 0 Å². The van der Waals surface area contributed by atoms with Crippen LogP contribution in [0.25, 0.3) is 21.6 Å². The molecule has 2 aromatic heterocycles. The average Bonchev–Trinajstić information content (AvgIpc) is 4.01. The summed E-state index contributed by atoms with van der Waals surface area (Å²) in [5, 5.41) is 6.91. The summed E-state index contributed by atoms with van der Waals surface area (Å²) in [5.74, 6) is -2.07. The molecule has 1 saturated heterocycles. The Labute approximate surface area is 312 Å². The zero-order valence-electron chi connectivity index (χ0n) is 29.5. The van der Waals surface area contributed by atoms with E-state index in [9.17, 15) is 27.6 Å². The average molecular weight is 765 g/mol. The van der Waals surface area contributed by atoms with Crippen molar-refractivity contribution in [2.24, 2.45) is 5.92 Å². The maximum Gasteiger partial charge on any atom is 0.407 e. The minimum Gasteiger partial charge on any atom is -0.471 e. The molecule has 4 amide bonds. The van der Waals surface area contributed by atoms with Crippen molar-refractivity contribution in [1.29, 1.82) is 0 Å². The molecule has 14 nitrogen and oxygen atoms in total. The van der Waals surface area contributed by atoms with E-state index < -0.39 is 68.7 Å². The van der Waals surface area contributed by atoms with Gasteiger partial charge in [-0.05, 0) is 68.5 Å². The molecule has 4 aliphatic rings. The van der Waals surface area contributed by atoms with Gasteiger partial charge >= 0.3 is 6.09 Å². The van der Waals surface area contributed by atoms with Crippen LogP contribution in [-0.2, 0) is 29.1 Å². The maximum atomic E-state index is 14.4. The Morgan fingerprint density at radius 1 is 1.06 bits per heavy atom. The summed E-state index contributed by atoms with van der Waals surface area (Å²) in [4.78, 5) is 67.1. The molecule has 0 spiro atoms. The van der Waals surface area contributed by atoms with E-state index in [-0.39, 0.29) is 31.9 Å². The second-order valence-corrected chi connectivity index (χ2v) is 17.1. The van der Waals surface area contributed by atoms with Crippen LogP contribution in [0, 0.1) is 5.92 Å². The smallest absolute Gasteiger partial charge is 0.407 e. The zero-order valence-corrected chi connectivity index (χ0v) is 31.1. The van der Waals surface area contributed by atoms with Gasteiger partial charge in [-0.15, -0.1) is 11.3 Å². The van der Waals surface area contributed by atoms with Crippen LogP contribution >= 0.6 is 11.3 Å². The van der Waals surface area contributed by atoms with Crippen LogP contribution in [0.3, 0.4) is 0 Å². The van der Waals surface area contributed by atoms with Gasteiger partial charge in [-0.3, -0.25) is 19.1 Å². The molecule has 53 heavy (non-hydrogen) atoms. The number of allylic oxidation sites excluding steroid dienone is 1. The molecule has 2 aliphatic carbocycles. The van der Waals surface area contributed by atoms with E-state index in [0.717, 1.165) is 17.7 Å². The number of rotatable bonds is 9. The third-order valence-corrected chi connectivity index (χ3v) is 12.8. The summed E-state index contributed by atoms with van der Waals surface area (Å²) in [7, 11) is -3.89. The molecule has 5 atom stereocenters. The number of para-hydroxylation sites is 2. The van der Waals surface area contributed by atoms with E-state index in [1.807, 2.05) is 60.9 Å². The van der Waals surface area contributed by atoms with E-state index >= 15 is 0 Å². The zero-order chi connectivity index (χ0) is 37.2. The largest absolute Gasteiger partial charge is 0.471 e. The number of fused-ring (bicyclic) bond motifs is 3. The van der Waals surface area contributed by atoms with Gasteiger partial charge in [-0.1, -0.05) is 50.1 Å². The third kappa shape index (κ3) is 8.17. The van der Waals surface area contributed by atoms with Crippen molar-refractivity contribution in [2.45, 2.75) is 100 Å². The van der Waals surface area contributed by atoms with Gasteiger partial charge in [-0.25, -0.2) is 23.2 Å². The lowest BCUT2D eigenvalue weighted by molar-refractivity contribution is -0.141. The Morgan fingerprint density at radius 3 is 2.58 bits per heavy atom. The van der Waals surface area contributed by atoms with E-state index in [1.165, 1.54) is 16.2 Å². The lowest BCUT2D eigenvalue weighted by Crippen LogP contribution is -2.58. The first kappa shape index (κ1) is 36.8. The number of carbonyl (C=O) groups is 4. The van der Waals surface area contributed by atoms with Crippen molar-refractivity contribution in [3.63, 3.8) is 0 Å². The summed E-state index contributed by atoms with van der Waals surface area (Å²) >= 11 is 1.48. The van der Waals surface area contributed by atoms with Gasteiger partial charge in [-0.2, -0.15) is 0 Å². The van der Waals surface area contributed by atoms with Crippen molar-refractivity contribution in [3.8, 4) is 16.5 Å². The number of benzene rings is 1. The van der Waals surface area contributed by atoms with Gasteiger partial charge in [0.25, 0.3) is 5.91 Å².